The van der Waals surface area contributed by atoms with Gasteiger partial charge < -0.3 is 18.7 Å². The van der Waals surface area contributed by atoms with Gasteiger partial charge in [0.2, 0.25) is 0 Å². The predicted molar refractivity (Wildman–Crippen MR) is 90.4 cm³/mol. The molecule has 0 aliphatic heterocycles. The Morgan fingerprint density at radius 3 is 2.46 bits per heavy atom. The van der Waals surface area contributed by atoms with Crippen molar-refractivity contribution < 1.29 is 9.15 Å². The van der Waals surface area contributed by atoms with Crippen LogP contribution < -0.4 is 26.6 Å². The van der Waals surface area contributed by atoms with Crippen molar-refractivity contribution in [3.05, 3.63) is 85.4 Å². The fraction of sp³-hybridized carbons (Fsp3) is 0.111. The van der Waals surface area contributed by atoms with E-state index in [4.69, 9.17) is 9.15 Å². The van der Waals surface area contributed by atoms with E-state index >= 15 is 0 Å². The smallest absolute Gasteiger partial charge is 0.274 e. The van der Waals surface area contributed by atoms with E-state index in [2.05, 4.69) is 4.98 Å². The minimum absolute atomic E-state index is 0.204. The monoisotopic (exact) mass is 324 g/mol. The Labute approximate surface area is 137 Å². The van der Waals surface area contributed by atoms with Crippen LogP contribution in [-0.4, -0.2) is 16.7 Å². The lowest BCUT2D eigenvalue weighted by atomic mass is 10.2. The number of furan rings is 1. The van der Waals surface area contributed by atoms with Crippen LogP contribution in [0.2, 0.25) is 0 Å². The number of ether oxygens (including phenoxy) is 1. The second kappa shape index (κ2) is 6.45. The van der Waals surface area contributed by atoms with E-state index in [0.29, 0.717) is 5.56 Å². The molecule has 0 fully saturated rings. The maximum absolute atomic E-state index is 12.4. The van der Waals surface area contributed by atoms with Gasteiger partial charge in [-0.3, -0.25) is 9.59 Å². The van der Waals surface area contributed by atoms with E-state index in [0.717, 1.165) is 11.3 Å². The average molecular weight is 324 g/mol. The molecule has 0 unspecified atom stereocenters. The zero-order valence-corrected chi connectivity index (χ0v) is 13.3. The van der Waals surface area contributed by atoms with E-state index in [1.165, 1.54) is 17.1 Å². The molecule has 0 aliphatic rings. The first-order chi connectivity index (χ1) is 11.6. The number of aromatic nitrogens is 2. The third-order valence-electron chi connectivity index (χ3n) is 3.65. The number of rotatable bonds is 3. The van der Waals surface area contributed by atoms with Gasteiger partial charge in [-0.15, -0.1) is 0 Å². The van der Waals surface area contributed by atoms with Gasteiger partial charge in [0.15, 0.2) is 0 Å². The van der Waals surface area contributed by atoms with Crippen LogP contribution in [0.1, 0.15) is 11.1 Å². The highest BCUT2D eigenvalue weighted by molar-refractivity contribution is 5.50. The van der Waals surface area contributed by atoms with Gasteiger partial charge in [0.05, 0.1) is 19.6 Å². The Hall–Kier alpha value is -3.28. The summed E-state index contributed by atoms with van der Waals surface area (Å²) >= 11 is 0. The average Bonchev–Trinajstić information content (AvgIpc) is 3.10. The van der Waals surface area contributed by atoms with Crippen molar-refractivity contribution in [1.29, 1.82) is 0 Å². The standard InChI is InChI=1S/C18H16N2O4/c1-20-16(10-12-3-5-14(23-2)6-4-12)17(21)19-15(18(20)22)9-13-7-8-24-11-13/h3-11H,1-2H3,(H,19,21)/b15-9-,16-10-. The summed E-state index contributed by atoms with van der Waals surface area (Å²) in [6.07, 6.45) is 6.22. The number of benzene rings is 1. The van der Waals surface area contributed by atoms with Gasteiger partial charge >= 0.3 is 0 Å². The SMILES string of the molecule is COc1ccc(/C=c2/c(=O)[nH]/c(=C\c3ccoc3)c(=O)n2C)cc1. The lowest BCUT2D eigenvalue weighted by Crippen LogP contribution is -2.52. The molecular weight excluding hydrogens is 308 g/mol. The Balaban J connectivity index is 2.17. The molecule has 3 aromatic rings. The number of hydrogen-bond acceptors (Lipinski definition) is 4. The van der Waals surface area contributed by atoms with Crippen molar-refractivity contribution in [3.63, 3.8) is 0 Å². The summed E-state index contributed by atoms with van der Waals surface area (Å²) in [4.78, 5) is 27.4. The Morgan fingerprint density at radius 2 is 1.83 bits per heavy atom. The number of nitrogens with one attached hydrogen (secondary N) is 1. The lowest BCUT2D eigenvalue weighted by molar-refractivity contribution is 0.415. The summed E-state index contributed by atoms with van der Waals surface area (Å²) in [5.41, 5.74) is 0.857. The minimum atomic E-state index is -0.345. The van der Waals surface area contributed by atoms with Crippen LogP contribution in [0.25, 0.3) is 12.2 Å². The van der Waals surface area contributed by atoms with Crippen molar-refractivity contribution in [3.8, 4) is 5.75 Å². The second-order valence-electron chi connectivity index (χ2n) is 5.24. The van der Waals surface area contributed by atoms with Crippen LogP contribution in [0.4, 0.5) is 0 Å². The normalized spacial score (nSPS) is 12.6. The van der Waals surface area contributed by atoms with Gasteiger partial charge in [-0.1, -0.05) is 12.1 Å². The summed E-state index contributed by atoms with van der Waals surface area (Å²) in [6, 6.07) is 8.91. The third kappa shape index (κ3) is 3.08. The van der Waals surface area contributed by atoms with Crippen molar-refractivity contribution in [2.45, 2.75) is 0 Å². The zero-order valence-electron chi connectivity index (χ0n) is 13.3. The summed E-state index contributed by atoms with van der Waals surface area (Å²) in [5, 5.41) is 0.477. The van der Waals surface area contributed by atoms with Crippen LogP contribution in [0.15, 0.2) is 56.9 Å². The third-order valence-corrected chi connectivity index (χ3v) is 3.65. The van der Waals surface area contributed by atoms with Crippen molar-refractivity contribution in [2.75, 3.05) is 7.11 Å². The van der Waals surface area contributed by atoms with Crippen LogP contribution >= 0.6 is 0 Å². The first-order valence-corrected chi connectivity index (χ1v) is 7.27. The van der Waals surface area contributed by atoms with Gasteiger partial charge in [0, 0.05) is 12.6 Å². The van der Waals surface area contributed by atoms with E-state index in [1.807, 2.05) is 12.1 Å². The second-order valence-corrected chi connectivity index (χ2v) is 5.24. The minimum Gasteiger partial charge on any atom is -0.497 e. The summed E-state index contributed by atoms with van der Waals surface area (Å²) in [7, 11) is 3.15. The van der Waals surface area contributed by atoms with Gasteiger partial charge in [-0.05, 0) is 35.9 Å². The molecule has 3 rings (SSSR count). The summed E-state index contributed by atoms with van der Waals surface area (Å²) < 4.78 is 11.4. The highest BCUT2D eigenvalue weighted by atomic mass is 16.5. The van der Waals surface area contributed by atoms with E-state index < -0.39 is 0 Å². The molecule has 0 amide bonds. The van der Waals surface area contributed by atoms with Crippen LogP contribution in [-0.2, 0) is 7.05 Å². The fourth-order valence-corrected chi connectivity index (χ4v) is 2.32. The molecule has 0 saturated heterocycles. The highest BCUT2D eigenvalue weighted by Gasteiger charge is 2.02. The molecule has 1 N–H and O–H groups in total. The first kappa shape index (κ1) is 15.6. The molecule has 6 nitrogen and oxygen atoms in total. The molecule has 6 heteroatoms. The molecule has 2 heterocycles. The van der Waals surface area contributed by atoms with Gasteiger partial charge in [0.1, 0.15) is 16.4 Å². The molecule has 1 aromatic carbocycles. The van der Waals surface area contributed by atoms with Gasteiger partial charge in [0.25, 0.3) is 11.1 Å². The maximum Gasteiger partial charge on any atom is 0.274 e. The van der Waals surface area contributed by atoms with E-state index in [9.17, 15) is 9.59 Å². The van der Waals surface area contributed by atoms with E-state index in [-0.39, 0.29) is 21.8 Å². The predicted octanol–water partition coefficient (Wildman–Crippen LogP) is 0.333. The summed E-state index contributed by atoms with van der Waals surface area (Å²) in [6.45, 7) is 0. The molecule has 0 radical (unpaired) electrons. The van der Waals surface area contributed by atoms with Crippen molar-refractivity contribution >= 4 is 12.2 Å². The molecule has 0 bridgehead atoms. The Morgan fingerprint density at radius 1 is 1.08 bits per heavy atom. The Kier molecular flexibility index (Phi) is 4.20. The van der Waals surface area contributed by atoms with Crippen LogP contribution in [0.3, 0.4) is 0 Å². The molecule has 0 aliphatic carbocycles. The largest absolute Gasteiger partial charge is 0.497 e. The highest BCUT2D eigenvalue weighted by Crippen LogP contribution is 2.11. The number of hydrogen-bond donors (Lipinski definition) is 1. The maximum atomic E-state index is 12.4. The first-order valence-electron chi connectivity index (χ1n) is 7.27. The topological polar surface area (TPSA) is 77.2 Å². The fourth-order valence-electron chi connectivity index (χ4n) is 2.32. The summed E-state index contributed by atoms with van der Waals surface area (Å²) in [5.74, 6) is 0.722. The quantitative estimate of drug-likeness (QED) is 0.753. The van der Waals surface area contributed by atoms with Crippen LogP contribution in [0.5, 0.6) is 5.75 Å². The Bertz CT molecular complexity index is 1070. The molecular formula is C18H16N2O4. The number of methoxy groups -OCH3 is 1. The molecule has 0 atom stereocenters. The number of nitrogens with zero attached hydrogens (tertiary/aromatic N) is 1. The van der Waals surface area contributed by atoms with Crippen molar-refractivity contribution in [2.24, 2.45) is 7.05 Å². The van der Waals surface area contributed by atoms with E-state index in [1.54, 1.807) is 44.5 Å². The number of aromatic amines is 1. The van der Waals surface area contributed by atoms with Gasteiger partial charge in [-0.2, -0.15) is 0 Å². The molecule has 24 heavy (non-hydrogen) atoms. The zero-order chi connectivity index (χ0) is 17.1. The molecule has 0 spiro atoms. The molecule has 2 aromatic heterocycles. The van der Waals surface area contributed by atoms with Crippen molar-refractivity contribution in [1.82, 2.24) is 9.55 Å². The molecule has 122 valence electrons. The molecule has 0 saturated carbocycles. The van der Waals surface area contributed by atoms with Gasteiger partial charge in [-0.25, -0.2) is 0 Å². The van der Waals surface area contributed by atoms with Crippen LogP contribution in [0, 0.1) is 0 Å². The number of H-pyrrole nitrogens is 1. The lowest BCUT2D eigenvalue weighted by Gasteiger charge is -2.01.